The molecule has 0 aromatic rings. The van der Waals surface area contributed by atoms with Crippen LogP contribution in [0.5, 0.6) is 0 Å². The van der Waals surface area contributed by atoms with E-state index in [1.165, 1.54) is 25.9 Å². The molecule has 0 radical (unpaired) electrons. The zero-order valence-corrected chi connectivity index (χ0v) is 14.5. The number of hydrogen-bond donors (Lipinski definition) is 1. The Balaban J connectivity index is 3.01. The summed E-state index contributed by atoms with van der Waals surface area (Å²) in [6.07, 6.45) is 2.60. The van der Waals surface area contributed by atoms with E-state index in [0.29, 0.717) is 0 Å². The molecule has 1 fully saturated rings. The summed E-state index contributed by atoms with van der Waals surface area (Å²) in [5.41, 5.74) is 0. The fourth-order valence-electron chi connectivity index (χ4n) is 3.13. The van der Waals surface area contributed by atoms with Crippen LogP contribution < -0.4 is 5.09 Å². The van der Waals surface area contributed by atoms with Crippen LogP contribution in [0.2, 0.25) is 0 Å². The first-order valence-corrected chi connectivity index (χ1v) is 9.76. The summed E-state index contributed by atoms with van der Waals surface area (Å²) in [5, 5.41) is 3.92. The van der Waals surface area contributed by atoms with E-state index >= 15 is 0 Å². The molecule has 0 aromatic carbocycles. The zero-order chi connectivity index (χ0) is 14.3. The molecule has 1 saturated heterocycles. The van der Waals surface area contributed by atoms with Crippen LogP contribution in [0, 0.1) is 0 Å². The third kappa shape index (κ3) is 3.48. The second kappa shape index (κ2) is 8.53. The molecule has 4 nitrogen and oxygen atoms in total. The lowest BCUT2D eigenvalue weighted by atomic mass is 10.3. The van der Waals surface area contributed by atoms with Gasteiger partial charge in [-0.05, 0) is 34.1 Å². The van der Waals surface area contributed by atoms with E-state index in [1.54, 1.807) is 0 Å². The molecule has 0 spiro atoms. The number of unbranched alkanes of at least 4 members (excludes halogenated alkanes) is 1. The summed E-state index contributed by atoms with van der Waals surface area (Å²) in [6, 6.07) is 0. The van der Waals surface area contributed by atoms with Crippen molar-refractivity contribution < 1.29 is 0 Å². The van der Waals surface area contributed by atoms with Crippen LogP contribution in [-0.4, -0.2) is 59.8 Å². The van der Waals surface area contributed by atoms with Crippen LogP contribution in [0.4, 0.5) is 0 Å². The monoisotopic (exact) mass is 289 g/mol. The van der Waals surface area contributed by atoms with Gasteiger partial charge < -0.3 is 0 Å². The highest BCUT2D eigenvalue weighted by molar-refractivity contribution is 7.67. The summed E-state index contributed by atoms with van der Waals surface area (Å²) in [5.74, 6) is 0. The fraction of sp³-hybridized carbons (Fsp3) is 1.00. The van der Waals surface area contributed by atoms with Gasteiger partial charge in [0, 0.05) is 32.7 Å². The quantitative estimate of drug-likeness (QED) is 0.659. The molecule has 0 bridgehead atoms. The smallest absolute Gasteiger partial charge is 0.144 e. The van der Waals surface area contributed by atoms with Gasteiger partial charge in [-0.3, -0.25) is 0 Å². The van der Waals surface area contributed by atoms with E-state index in [4.69, 9.17) is 0 Å². The normalized spacial score (nSPS) is 19.7. The van der Waals surface area contributed by atoms with E-state index in [9.17, 15) is 0 Å². The van der Waals surface area contributed by atoms with Crippen molar-refractivity contribution in [2.45, 2.75) is 47.5 Å². The van der Waals surface area contributed by atoms with Crippen molar-refractivity contribution >= 4 is 7.87 Å². The van der Waals surface area contributed by atoms with E-state index in [1.807, 2.05) is 0 Å². The Morgan fingerprint density at radius 2 is 1.47 bits per heavy atom. The predicted molar refractivity (Wildman–Crippen MR) is 87.2 cm³/mol. The van der Waals surface area contributed by atoms with Gasteiger partial charge in [0.1, 0.15) is 0 Å². The molecule has 0 unspecified atom stereocenters. The van der Waals surface area contributed by atoms with Crippen molar-refractivity contribution in [2.75, 3.05) is 45.8 Å². The number of nitrogens with zero attached hydrogens (tertiary/aromatic N) is 3. The molecular formula is C14H34N4P+. The SMILES string of the molecule is CCCCN1CCN[P+]1(N(CC)CC)N(CC)CC. The molecule has 114 valence electrons. The molecule has 19 heavy (non-hydrogen) atoms. The van der Waals surface area contributed by atoms with E-state index in [-0.39, 0.29) is 0 Å². The number of nitrogens with one attached hydrogen (secondary N) is 1. The van der Waals surface area contributed by atoms with Crippen LogP contribution in [0.3, 0.4) is 0 Å². The molecule has 0 saturated carbocycles. The Labute approximate surface area is 121 Å². The van der Waals surface area contributed by atoms with Gasteiger partial charge in [-0.15, -0.1) is 19.1 Å². The predicted octanol–water partition coefficient (Wildman–Crippen LogP) is 3.05. The maximum Gasteiger partial charge on any atom is 0.306 e. The van der Waals surface area contributed by atoms with Gasteiger partial charge in [0.25, 0.3) is 0 Å². The zero-order valence-electron chi connectivity index (χ0n) is 13.7. The standard InChI is InChI=1S/C14H34N4P/c1-6-11-13-18-14-12-15-19(18,16(7-2)8-3)17(9-4)10-5/h15H,6-14H2,1-5H3/q+1. The van der Waals surface area contributed by atoms with Gasteiger partial charge in [0.15, 0.2) is 0 Å². The van der Waals surface area contributed by atoms with Gasteiger partial charge in [-0.25, -0.2) is 0 Å². The van der Waals surface area contributed by atoms with Gasteiger partial charge in [-0.2, -0.15) is 0 Å². The molecule has 1 N–H and O–H groups in total. The van der Waals surface area contributed by atoms with Crippen LogP contribution in [0.25, 0.3) is 0 Å². The van der Waals surface area contributed by atoms with Crippen molar-refractivity contribution in [3.63, 3.8) is 0 Å². The molecule has 5 heteroatoms. The average Bonchev–Trinajstić information content (AvgIpc) is 2.84. The Bertz CT molecular complexity index is 230. The molecular weight excluding hydrogens is 255 g/mol. The lowest BCUT2D eigenvalue weighted by Crippen LogP contribution is -2.46. The third-order valence-electron chi connectivity index (χ3n) is 4.11. The number of hydrogen-bond acceptors (Lipinski definition) is 4. The van der Waals surface area contributed by atoms with Crippen molar-refractivity contribution in [2.24, 2.45) is 0 Å². The first-order valence-electron chi connectivity index (χ1n) is 8.11. The third-order valence-corrected chi connectivity index (χ3v) is 8.65. The molecule has 0 aromatic heterocycles. The maximum absolute atomic E-state index is 3.92. The van der Waals surface area contributed by atoms with Crippen LogP contribution in [0.1, 0.15) is 47.5 Å². The van der Waals surface area contributed by atoms with Gasteiger partial charge >= 0.3 is 7.87 Å². The second-order valence-corrected chi connectivity index (χ2v) is 8.21. The molecule has 0 aliphatic carbocycles. The lowest BCUT2D eigenvalue weighted by molar-refractivity contribution is 0.334. The first kappa shape index (κ1) is 17.3. The second-order valence-electron chi connectivity index (χ2n) is 5.06. The molecule has 1 aliphatic rings. The minimum Gasteiger partial charge on any atom is -0.144 e. The van der Waals surface area contributed by atoms with Crippen molar-refractivity contribution in [3.8, 4) is 0 Å². The Hall–Kier alpha value is 0.270. The lowest BCUT2D eigenvalue weighted by Gasteiger charge is -2.42. The summed E-state index contributed by atoms with van der Waals surface area (Å²) in [6.45, 7) is 19.6. The van der Waals surface area contributed by atoms with Crippen molar-refractivity contribution in [3.05, 3.63) is 0 Å². The molecule has 1 heterocycles. The van der Waals surface area contributed by atoms with Gasteiger partial charge in [0.05, 0.1) is 13.1 Å². The largest absolute Gasteiger partial charge is 0.306 e. The average molecular weight is 289 g/mol. The van der Waals surface area contributed by atoms with Gasteiger partial charge in [0.2, 0.25) is 0 Å². The van der Waals surface area contributed by atoms with Crippen LogP contribution in [-0.2, 0) is 0 Å². The fourth-order valence-corrected chi connectivity index (χ4v) is 7.58. The van der Waals surface area contributed by atoms with E-state index in [0.717, 1.165) is 32.7 Å². The summed E-state index contributed by atoms with van der Waals surface area (Å²) >= 11 is 0. The highest BCUT2D eigenvalue weighted by Crippen LogP contribution is 2.65. The summed E-state index contributed by atoms with van der Waals surface area (Å²) in [4.78, 5) is 0. The Morgan fingerprint density at radius 3 is 1.89 bits per heavy atom. The molecule has 1 rings (SSSR count). The van der Waals surface area contributed by atoms with Crippen molar-refractivity contribution in [1.82, 2.24) is 19.1 Å². The number of rotatable bonds is 9. The van der Waals surface area contributed by atoms with Crippen LogP contribution >= 0.6 is 7.87 Å². The Morgan fingerprint density at radius 1 is 0.947 bits per heavy atom. The molecule has 0 atom stereocenters. The minimum atomic E-state index is -1.46. The van der Waals surface area contributed by atoms with Crippen molar-refractivity contribution in [1.29, 1.82) is 0 Å². The molecule has 1 aliphatic heterocycles. The van der Waals surface area contributed by atoms with E-state index in [2.05, 4.69) is 53.7 Å². The highest BCUT2D eigenvalue weighted by atomic mass is 31.2. The van der Waals surface area contributed by atoms with E-state index < -0.39 is 7.87 Å². The minimum absolute atomic E-state index is 1.14. The topological polar surface area (TPSA) is 21.8 Å². The first-order chi connectivity index (χ1) is 9.20. The maximum atomic E-state index is 3.92. The molecule has 0 amide bonds. The van der Waals surface area contributed by atoms with Crippen LogP contribution in [0.15, 0.2) is 0 Å². The summed E-state index contributed by atoms with van der Waals surface area (Å²) < 4.78 is 8.13. The Kier molecular flexibility index (Phi) is 7.78. The highest BCUT2D eigenvalue weighted by Gasteiger charge is 2.57. The van der Waals surface area contributed by atoms with Gasteiger partial charge in [-0.1, -0.05) is 13.3 Å². The summed E-state index contributed by atoms with van der Waals surface area (Å²) in [7, 11) is -1.46.